The van der Waals surface area contributed by atoms with Crippen molar-refractivity contribution in [3.63, 3.8) is 0 Å². The van der Waals surface area contributed by atoms with Gasteiger partial charge in [0.25, 0.3) is 0 Å². The number of rotatable bonds is 2. The Kier molecular flexibility index (Phi) is 3.44. The third-order valence-electron chi connectivity index (χ3n) is 3.79. The minimum atomic E-state index is 0.218. The molecule has 3 rings (SSSR count). The average molecular weight is 289 g/mol. The van der Waals surface area contributed by atoms with Gasteiger partial charge in [-0.1, -0.05) is 20.8 Å². The van der Waals surface area contributed by atoms with Crippen LogP contribution in [0.4, 0.5) is 5.82 Å². The van der Waals surface area contributed by atoms with E-state index in [4.69, 9.17) is 9.97 Å². The second-order valence-corrected chi connectivity index (χ2v) is 7.95. The largest absolute Gasteiger partial charge is 0.372 e. The fourth-order valence-corrected chi connectivity index (χ4v) is 4.22. The average Bonchev–Trinajstić information content (AvgIpc) is 2.73. The minimum absolute atomic E-state index is 0.218. The van der Waals surface area contributed by atoms with Crippen molar-refractivity contribution in [2.75, 3.05) is 12.4 Å². The summed E-state index contributed by atoms with van der Waals surface area (Å²) in [4.78, 5) is 12.3. The number of aryl methyl sites for hydroxylation is 2. The van der Waals surface area contributed by atoms with Gasteiger partial charge in [0.2, 0.25) is 0 Å². The molecule has 1 aliphatic carbocycles. The van der Waals surface area contributed by atoms with E-state index in [1.165, 1.54) is 46.3 Å². The first kappa shape index (κ1) is 13.8. The molecule has 0 fully saturated rings. The molecule has 0 aromatic carbocycles. The van der Waals surface area contributed by atoms with E-state index in [-0.39, 0.29) is 5.41 Å². The summed E-state index contributed by atoms with van der Waals surface area (Å²) in [6, 6.07) is 0. The summed E-state index contributed by atoms with van der Waals surface area (Å²) in [6.45, 7) is 6.71. The van der Waals surface area contributed by atoms with E-state index in [0.717, 1.165) is 18.1 Å². The molecule has 20 heavy (non-hydrogen) atoms. The highest BCUT2D eigenvalue weighted by Gasteiger charge is 2.22. The smallest absolute Gasteiger partial charge is 0.138 e. The van der Waals surface area contributed by atoms with E-state index in [1.807, 2.05) is 18.4 Å². The maximum atomic E-state index is 4.84. The number of hydrogen-bond donors (Lipinski definition) is 1. The first-order valence-corrected chi connectivity index (χ1v) is 8.28. The molecule has 3 nitrogen and oxygen atoms in total. The summed E-state index contributed by atoms with van der Waals surface area (Å²) in [7, 11) is 1.97. The van der Waals surface area contributed by atoms with Crippen molar-refractivity contribution < 1.29 is 0 Å². The van der Waals surface area contributed by atoms with E-state index in [2.05, 4.69) is 26.1 Å². The zero-order chi connectivity index (χ0) is 14.3. The molecule has 0 spiro atoms. The van der Waals surface area contributed by atoms with E-state index >= 15 is 0 Å². The van der Waals surface area contributed by atoms with Gasteiger partial charge in [-0.2, -0.15) is 0 Å². The van der Waals surface area contributed by atoms with Crippen LogP contribution in [0.1, 0.15) is 49.9 Å². The molecule has 108 valence electrons. The van der Waals surface area contributed by atoms with Gasteiger partial charge in [0, 0.05) is 18.3 Å². The van der Waals surface area contributed by atoms with Crippen LogP contribution in [0.5, 0.6) is 0 Å². The molecule has 0 saturated heterocycles. The fraction of sp³-hybridized carbons (Fsp3) is 0.625. The van der Waals surface area contributed by atoms with Crippen molar-refractivity contribution in [1.29, 1.82) is 0 Å². The molecule has 0 bridgehead atoms. The Balaban J connectivity index is 2.14. The molecule has 2 aromatic rings. The maximum Gasteiger partial charge on any atom is 0.138 e. The van der Waals surface area contributed by atoms with E-state index in [1.54, 1.807) is 0 Å². The first-order valence-electron chi connectivity index (χ1n) is 7.47. The molecule has 1 N–H and O–H groups in total. The van der Waals surface area contributed by atoms with Gasteiger partial charge in [0.1, 0.15) is 16.5 Å². The van der Waals surface area contributed by atoms with Crippen LogP contribution in [0.3, 0.4) is 0 Å². The van der Waals surface area contributed by atoms with Crippen LogP contribution in [-0.2, 0) is 19.3 Å². The quantitative estimate of drug-likeness (QED) is 0.900. The molecule has 0 atom stereocenters. The Bertz CT molecular complexity index is 637. The molecule has 1 aliphatic rings. The Labute approximate surface area is 124 Å². The molecule has 2 aromatic heterocycles. The van der Waals surface area contributed by atoms with Gasteiger partial charge in [0.15, 0.2) is 0 Å². The van der Waals surface area contributed by atoms with Crippen molar-refractivity contribution in [2.24, 2.45) is 5.41 Å². The summed E-state index contributed by atoms with van der Waals surface area (Å²) >= 11 is 1.88. The van der Waals surface area contributed by atoms with Crippen molar-refractivity contribution in [3.8, 4) is 0 Å². The summed E-state index contributed by atoms with van der Waals surface area (Å²) in [5.41, 5.74) is 1.72. The Morgan fingerprint density at radius 2 is 1.90 bits per heavy atom. The van der Waals surface area contributed by atoms with Crippen molar-refractivity contribution in [2.45, 2.75) is 52.9 Å². The summed E-state index contributed by atoms with van der Waals surface area (Å²) in [5.74, 6) is 1.99. The predicted molar refractivity (Wildman–Crippen MR) is 86.8 cm³/mol. The van der Waals surface area contributed by atoms with Crippen LogP contribution in [-0.4, -0.2) is 17.0 Å². The van der Waals surface area contributed by atoms with Gasteiger partial charge in [-0.3, -0.25) is 0 Å². The highest BCUT2D eigenvalue weighted by molar-refractivity contribution is 7.19. The second-order valence-electron chi connectivity index (χ2n) is 6.87. The first-order chi connectivity index (χ1) is 9.48. The van der Waals surface area contributed by atoms with Crippen LogP contribution in [0.2, 0.25) is 0 Å². The van der Waals surface area contributed by atoms with Crippen LogP contribution < -0.4 is 5.32 Å². The zero-order valence-corrected chi connectivity index (χ0v) is 13.7. The number of aromatic nitrogens is 2. The third-order valence-corrected chi connectivity index (χ3v) is 4.97. The SMILES string of the molecule is CNc1nc(CC(C)(C)C)nc2sc3c(c12)CCCC3. The van der Waals surface area contributed by atoms with E-state index < -0.39 is 0 Å². The number of hydrogen-bond acceptors (Lipinski definition) is 4. The van der Waals surface area contributed by atoms with Gasteiger partial charge in [-0.25, -0.2) is 9.97 Å². The Morgan fingerprint density at radius 3 is 2.60 bits per heavy atom. The molecule has 2 heterocycles. The summed E-state index contributed by atoms with van der Waals surface area (Å²) in [6.07, 6.45) is 5.93. The minimum Gasteiger partial charge on any atom is -0.372 e. The van der Waals surface area contributed by atoms with Gasteiger partial charge in [-0.15, -0.1) is 11.3 Å². The van der Waals surface area contributed by atoms with Gasteiger partial charge < -0.3 is 5.32 Å². The second kappa shape index (κ2) is 4.99. The fourth-order valence-electron chi connectivity index (χ4n) is 2.94. The lowest BCUT2D eigenvalue weighted by molar-refractivity contribution is 0.401. The summed E-state index contributed by atoms with van der Waals surface area (Å²) in [5, 5.41) is 4.57. The normalized spacial score (nSPS) is 15.4. The molecule has 0 amide bonds. The topological polar surface area (TPSA) is 37.8 Å². The third kappa shape index (κ3) is 2.53. The molecule has 4 heteroatoms. The molecule has 0 radical (unpaired) electrons. The van der Waals surface area contributed by atoms with Crippen LogP contribution in [0, 0.1) is 5.41 Å². The monoisotopic (exact) mass is 289 g/mol. The van der Waals surface area contributed by atoms with Gasteiger partial charge in [-0.05, 0) is 36.7 Å². The van der Waals surface area contributed by atoms with Crippen LogP contribution >= 0.6 is 11.3 Å². The highest BCUT2D eigenvalue weighted by Crippen LogP contribution is 2.38. The zero-order valence-electron chi connectivity index (χ0n) is 12.8. The van der Waals surface area contributed by atoms with E-state index in [0.29, 0.717) is 0 Å². The lowest BCUT2D eigenvalue weighted by Crippen LogP contribution is -2.13. The maximum absolute atomic E-state index is 4.84. The van der Waals surface area contributed by atoms with Crippen molar-refractivity contribution in [1.82, 2.24) is 9.97 Å². The van der Waals surface area contributed by atoms with Crippen molar-refractivity contribution in [3.05, 3.63) is 16.3 Å². The lowest BCUT2D eigenvalue weighted by atomic mass is 9.92. The van der Waals surface area contributed by atoms with Crippen molar-refractivity contribution >= 4 is 27.4 Å². The molecular formula is C16H23N3S. The Hall–Kier alpha value is -1.16. The standard InChI is InChI=1S/C16H23N3S/c1-16(2,3)9-12-18-14(17-4)13-10-7-5-6-8-11(10)20-15(13)19-12/h5-9H2,1-4H3,(H,17,18,19). The molecular weight excluding hydrogens is 266 g/mol. The number of thiophene rings is 1. The van der Waals surface area contributed by atoms with E-state index in [9.17, 15) is 0 Å². The number of nitrogens with zero attached hydrogens (tertiary/aromatic N) is 2. The number of anilines is 1. The number of nitrogens with one attached hydrogen (secondary N) is 1. The Morgan fingerprint density at radius 1 is 1.15 bits per heavy atom. The number of fused-ring (bicyclic) bond motifs is 3. The lowest BCUT2D eigenvalue weighted by Gasteiger charge is -2.17. The predicted octanol–water partition coefficient (Wildman–Crippen LogP) is 4.20. The molecule has 0 unspecified atom stereocenters. The van der Waals surface area contributed by atoms with Crippen LogP contribution in [0.15, 0.2) is 0 Å². The highest BCUT2D eigenvalue weighted by atomic mass is 32.1. The molecule has 0 aliphatic heterocycles. The van der Waals surface area contributed by atoms with Gasteiger partial charge in [0.05, 0.1) is 5.39 Å². The molecule has 0 saturated carbocycles. The van der Waals surface area contributed by atoms with Gasteiger partial charge >= 0.3 is 0 Å². The van der Waals surface area contributed by atoms with Crippen LogP contribution in [0.25, 0.3) is 10.2 Å². The summed E-state index contributed by atoms with van der Waals surface area (Å²) < 4.78 is 0.